The van der Waals surface area contributed by atoms with Crippen LogP contribution in [-0.2, 0) is 9.59 Å². The van der Waals surface area contributed by atoms with Crippen LogP contribution in [0.5, 0.6) is 0 Å². The van der Waals surface area contributed by atoms with Crippen LogP contribution in [0.1, 0.15) is 25.3 Å². The summed E-state index contributed by atoms with van der Waals surface area (Å²) in [4.78, 5) is 26.4. The molecule has 0 aliphatic carbocycles. The van der Waals surface area contributed by atoms with E-state index in [1.54, 1.807) is 12.1 Å². The van der Waals surface area contributed by atoms with Crippen LogP contribution < -0.4 is 10.2 Å². The van der Waals surface area contributed by atoms with E-state index in [1.807, 2.05) is 48.5 Å². The third-order valence-electron chi connectivity index (χ3n) is 4.19. The average molecular weight is 377 g/mol. The van der Waals surface area contributed by atoms with Gasteiger partial charge in [-0.25, -0.2) is 0 Å². The van der Waals surface area contributed by atoms with Crippen LogP contribution in [0.15, 0.2) is 65.2 Å². The number of carbonyl (C=O) groups is 2. The first kappa shape index (κ1) is 18.7. The third-order valence-corrected chi connectivity index (χ3v) is 5.24. The molecule has 0 aromatic heterocycles. The van der Waals surface area contributed by atoms with Crippen LogP contribution in [0.2, 0.25) is 0 Å². The highest BCUT2D eigenvalue weighted by Gasteiger charge is 2.33. The molecule has 2 aromatic carbocycles. The van der Waals surface area contributed by atoms with Gasteiger partial charge in [-0.15, -0.1) is 0 Å². The van der Waals surface area contributed by atoms with Crippen LogP contribution >= 0.6 is 11.8 Å². The molecule has 0 spiro atoms. The lowest BCUT2D eigenvalue weighted by Gasteiger charge is -2.18. The largest absolute Gasteiger partial charge is 0.321 e. The summed E-state index contributed by atoms with van der Waals surface area (Å²) in [6, 6.07) is 18.5. The van der Waals surface area contributed by atoms with Gasteiger partial charge in [0.25, 0.3) is 5.91 Å². The monoisotopic (exact) mass is 377 g/mol. The summed E-state index contributed by atoms with van der Waals surface area (Å²) >= 11 is 1.20. The normalized spacial score (nSPS) is 15.6. The Kier molecular flexibility index (Phi) is 5.63. The Bertz CT molecular complexity index is 928. The summed E-state index contributed by atoms with van der Waals surface area (Å²) in [6.45, 7) is 4.19. The van der Waals surface area contributed by atoms with E-state index in [0.29, 0.717) is 22.3 Å². The summed E-state index contributed by atoms with van der Waals surface area (Å²) in [5.74, 6) is -0.0750. The van der Waals surface area contributed by atoms with Gasteiger partial charge >= 0.3 is 0 Å². The number of hydrogen-bond acceptors (Lipinski definition) is 4. The number of benzene rings is 2. The molecule has 136 valence electrons. The predicted octanol–water partition coefficient (Wildman–Crippen LogP) is 4.26. The lowest BCUT2D eigenvalue weighted by molar-refractivity contribution is -0.115. The minimum atomic E-state index is -0.520. The fourth-order valence-electron chi connectivity index (χ4n) is 2.74. The Morgan fingerprint density at radius 2 is 1.81 bits per heavy atom. The number of amides is 2. The predicted molar refractivity (Wildman–Crippen MR) is 108 cm³/mol. The third kappa shape index (κ3) is 4.04. The number of thioether (sulfide) groups is 1. The average Bonchev–Trinajstić information content (AvgIpc) is 3.04. The molecule has 1 N–H and O–H groups in total. The Balaban J connectivity index is 1.89. The van der Waals surface area contributed by atoms with Crippen LogP contribution in [0, 0.1) is 11.3 Å². The first-order chi connectivity index (χ1) is 13.0. The van der Waals surface area contributed by atoms with Crippen LogP contribution in [0.4, 0.5) is 11.4 Å². The number of nitriles is 1. The summed E-state index contributed by atoms with van der Waals surface area (Å²) in [6.07, 6.45) is 0. The maximum atomic E-state index is 12.7. The minimum Gasteiger partial charge on any atom is -0.321 e. The highest BCUT2D eigenvalue weighted by molar-refractivity contribution is 8.04. The van der Waals surface area contributed by atoms with Gasteiger partial charge in [-0.1, -0.05) is 55.9 Å². The van der Waals surface area contributed by atoms with Crippen molar-refractivity contribution in [3.05, 3.63) is 70.8 Å². The van der Waals surface area contributed by atoms with Crippen molar-refractivity contribution < 1.29 is 9.59 Å². The van der Waals surface area contributed by atoms with Crippen molar-refractivity contribution in [2.24, 2.45) is 0 Å². The molecular formula is C21H19N3O2S. The van der Waals surface area contributed by atoms with Gasteiger partial charge in [0.2, 0.25) is 5.91 Å². The Morgan fingerprint density at radius 3 is 2.41 bits per heavy atom. The Hall–Kier alpha value is -3.04. The zero-order chi connectivity index (χ0) is 19.4. The molecule has 5 nitrogen and oxygen atoms in total. The molecule has 0 radical (unpaired) electrons. The number of rotatable bonds is 4. The first-order valence-electron chi connectivity index (χ1n) is 8.57. The van der Waals surface area contributed by atoms with Crippen molar-refractivity contribution in [1.82, 2.24) is 0 Å². The molecule has 1 aliphatic rings. The second-order valence-corrected chi connectivity index (χ2v) is 7.34. The van der Waals surface area contributed by atoms with Crippen molar-refractivity contribution >= 4 is 35.0 Å². The van der Waals surface area contributed by atoms with Gasteiger partial charge in [-0.2, -0.15) is 5.26 Å². The molecule has 27 heavy (non-hydrogen) atoms. The van der Waals surface area contributed by atoms with Crippen LogP contribution in [0.25, 0.3) is 0 Å². The molecule has 0 atom stereocenters. The lowest BCUT2D eigenvalue weighted by Crippen LogP contribution is -2.26. The van der Waals surface area contributed by atoms with E-state index in [1.165, 1.54) is 22.2 Å². The Labute approximate surface area is 162 Å². The van der Waals surface area contributed by atoms with Gasteiger partial charge in [0, 0.05) is 11.4 Å². The topological polar surface area (TPSA) is 73.2 Å². The smallest absolute Gasteiger partial charge is 0.269 e. The van der Waals surface area contributed by atoms with E-state index in [-0.39, 0.29) is 17.2 Å². The Morgan fingerprint density at radius 1 is 1.15 bits per heavy atom. The molecule has 3 rings (SSSR count). The van der Waals surface area contributed by atoms with Crippen LogP contribution in [0.3, 0.4) is 0 Å². The minimum absolute atomic E-state index is 0.0670. The summed E-state index contributed by atoms with van der Waals surface area (Å²) in [7, 11) is 0. The molecule has 0 saturated carbocycles. The summed E-state index contributed by atoms with van der Waals surface area (Å²) < 4.78 is 0. The molecule has 2 aromatic rings. The van der Waals surface area contributed by atoms with Gasteiger partial charge < -0.3 is 5.32 Å². The highest BCUT2D eigenvalue weighted by Crippen LogP contribution is 2.36. The highest BCUT2D eigenvalue weighted by atomic mass is 32.2. The number of nitrogens with one attached hydrogen (secondary N) is 1. The molecule has 0 unspecified atom stereocenters. The summed E-state index contributed by atoms with van der Waals surface area (Å²) in [5, 5.41) is 12.7. The van der Waals surface area contributed by atoms with Crippen molar-refractivity contribution in [1.29, 1.82) is 5.26 Å². The van der Waals surface area contributed by atoms with Gasteiger partial charge in [0.05, 0.1) is 5.75 Å². The molecule has 0 bridgehead atoms. The van der Waals surface area contributed by atoms with E-state index >= 15 is 0 Å². The molecule has 1 heterocycles. The van der Waals surface area contributed by atoms with Gasteiger partial charge in [0.15, 0.2) is 0 Å². The number of hydrogen-bond donors (Lipinski definition) is 1. The van der Waals surface area contributed by atoms with E-state index in [9.17, 15) is 14.9 Å². The molecule has 2 amide bonds. The van der Waals surface area contributed by atoms with Gasteiger partial charge in [-0.3, -0.25) is 14.5 Å². The molecule has 1 aliphatic heterocycles. The van der Waals surface area contributed by atoms with Crippen molar-refractivity contribution in [3.63, 3.8) is 0 Å². The number of carbonyl (C=O) groups excluding carboxylic acids is 2. The molecule has 1 saturated heterocycles. The van der Waals surface area contributed by atoms with Crippen LogP contribution in [-0.4, -0.2) is 17.6 Å². The second kappa shape index (κ2) is 8.11. The number of nitrogens with zero attached hydrogens (tertiary/aromatic N) is 2. The molecule has 6 heteroatoms. The zero-order valence-corrected chi connectivity index (χ0v) is 15.9. The van der Waals surface area contributed by atoms with E-state index in [0.717, 1.165) is 0 Å². The van der Waals surface area contributed by atoms with Crippen molar-refractivity contribution in [2.45, 2.75) is 19.8 Å². The van der Waals surface area contributed by atoms with Gasteiger partial charge in [0.1, 0.15) is 16.7 Å². The zero-order valence-electron chi connectivity index (χ0n) is 15.1. The quantitative estimate of drug-likeness (QED) is 0.638. The van der Waals surface area contributed by atoms with Crippen molar-refractivity contribution in [3.8, 4) is 6.07 Å². The molecular weight excluding hydrogens is 358 g/mol. The lowest BCUT2D eigenvalue weighted by atomic mass is 10.0. The second-order valence-electron chi connectivity index (χ2n) is 6.38. The number of anilines is 2. The number of para-hydroxylation sites is 1. The maximum Gasteiger partial charge on any atom is 0.269 e. The first-order valence-corrected chi connectivity index (χ1v) is 9.56. The summed E-state index contributed by atoms with van der Waals surface area (Å²) in [5.41, 5.74) is 2.35. The van der Waals surface area contributed by atoms with Gasteiger partial charge in [-0.05, 0) is 35.7 Å². The molecule has 1 fully saturated rings. The SMILES string of the molecule is CC(C)c1ccc(NC(=O)C(C#N)=C2SCC(=O)N2c2ccccc2)cc1. The van der Waals surface area contributed by atoms with Crippen molar-refractivity contribution in [2.75, 3.05) is 16.0 Å². The van der Waals surface area contributed by atoms with E-state index < -0.39 is 5.91 Å². The maximum absolute atomic E-state index is 12.7. The fraction of sp³-hybridized carbons (Fsp3) is 0.190. The van der Waals surface area contributed by atoms with E-state index in [2.05, 4.69) is 19.2 Å². The fourth-order valence-corrected chi connectivity index (χ4v) is 3.74. The standard InChI is InChI=1S/C21H19N3O2S/c1-14(2)15-8-10-16(11-9-15)23-20(26)18(12-22)21-24(19(25)13-27-21)17-6-4-3-5-7-17/h3-11,14H,13H2,1-2H3,(H,23,26). The van der Waals surface area contributed by atoms with E-state index in [4.69, 9.17) is 0 Å².